The number of unbranched alkanes of at least 4 members (excludes halogenated alkanes) is 27. The highest BCUT2D eigenvalue weighted by Gasteiger charge is 2.44. The average molecular weight is 922 g/mol. The summed E-state index contributed by atoms with van der Waals surface area (Å²) in [6, 6.07) is -0.852. The molecule has 0 radical (unpaired) electrons. The van der Waals surface area contributed by atoms with E-state index in [0.717, 1.165) is 70.6 Å². The lowest BCUT2D eigenvalue weighted by molar-refractivity contribution is -0.302. The van der Waals surface area contributed by atoms with Gasteiger partial charge in [-0.1, -0.05) is 204 Å². The zero-order valence-corrected chi connectivity index (χ0v) is 41.4. The third-order valence-electron chi connectivity index (χ3n) is 12.5. The summed E-state index contributed by atoms with van der Waals surface area (Å²) in [5.74, 6) is -0.302. The Morgan fingerprint density at radius 2 is 1.05 bits per heavy atom. The molecule has 1 aliphatic rings. The molecule has 1 saturated heterocycles. The third-order valence-corrected chi connectivity index (χ3v) is 12.5. The van der Waals surface area contributed by atoms with Crippen LogP contribution in [0.25, 0.3) is 0 Å². The first-order valence-corrected chi connectivity index (χ1v) is 26.8. The van der Waals surface area contributed by atoms with Gasteiger partial charge in [0.25, 0.3) is 0 Å². The van der Waals surface area contributed by atoms with Crippen LogP contribution in [-0.4, -0.2) is 100 Å². The molecule has 11 heteroatoms. The van der Waals surface area contributed by atoms with Crippen LogP contribution in [0.3, 0.4) is 0 Å². The highest BCUT2D eigenvalue weighted by molar-refractivity contribution is 5.76. The number of carbonyl (C=O) groups excluding carboxylic acids is 2. The maximum Gasteiger partial charge on any atom is 0.305 e. The molecule has 0 aromatic heterocycles. The summed E-state index contributed by atoms with van der Waals surface area (Å²) in [5, 5.41) is 54.0. The molecule has 6 N–H and O–H groups in total. The lowest BCUT2D eigenvalue weighted by Crippen LogP contribution is -2.60. The van der Waals surface area contributed by atoms with Crippen molar-refractivity contribution in [2.45, 2.75) is 275 Å². The van der Waals surface area contributed by atoms with Gasteiger partial charge in [0.1, 0.15) is 24.4 Å². The standard InChI is InChI=1S/C54H99NO10/c1-3-5-7-9-11-13-14-15-16-19-22-26-30-34-38-42-50(59)63-43-39-35-31-27-23-20-17-18-21-25-29-33-37-41-49(58)55-46(47(57)40-36-32-28-24-12-10-8-6-4-2)45-64-54-53(62)52(61)51(60)48(44-56)65-54/h18,21,29,33,36,40,46-48,51-54,56-57,60-62H,3-17,19-20,22-28,30-32,34-35,37-39,41-45H2,1-2H3,(H,55,58)/b21-18-,33-29-,40-36+. The number of nitrogens with one attached hydrogen (secondary N) is 1. The number of rotatable bonds is 45. The van der Waals surface area contributed by atoms with Gasteiger partial charge < -0.3 is 45.1 Å². The second kappa shape index (κ2) is 44.4. The summed E-state index contributed by atoms with van der Waals surface area (Å²) < 4.78 is 16.6. The molecule has 65 heavy (non-hydrogen) atoms. The molecule has 0 aliphatic carbocycles. The first kappa shape index (κ1) is 60.9. The van der Waals surface area contributed by atoms with Crippen molar-refractivity contribution >= 4 is 11.9 Å². The molecular weight excluding hydrogens is 823 g/mol. The minimum Gasteiger partial charge on any atom is -0.466 e. The molecule has 380 valence electrons. The number of ether oxygens (including phenoxy) is 3. The van der Waals surface area contributed by atoms with E-state index in [4.69, 9.17) is 14.2 Å². The Balaban J connectivity index is 2.15. The number of hydrogen-bond acceptors (Lipinski definition) is 10. The molecule has 0 aromatic rings. The topological polar surface area (TPSA) is 175 Å². The van der Waals surface area contributed by atoms with E-state index in [1.54, 1.807) is 6.08 Å². The molecule has 1 rings (SSSR count). The second-order valence-electron chi connectivity index (χ2n) is 18.6. The van der Waals surface area contributed by atoms with Crippen LogP contribution in [0.4, 0.5) is 0 Å². The summed E-state index contributed by atoms with van der Waals surface area (Å²) in [6.07, 6.45) is 42.5. The Labute approximate surface area is 396 Å². The number of carbonyl (C=O) groups is 2. The van der Waals surface area contributed by atoms with Crippen LogP contribution in [0.5, 0.6) is 0 Å². The van der Waals surface area contributed by atoms with Crippen LogP contribution in [0.1, 0.15) is 232 Å². The Bertz CT molecular complexity index is 1180. The Morgan fingerprint density at radius 3 is 1.58 bits per heavy atom. The van der Waals surface area contributed by atoms with Gasteiger partial charge in [0.05, 0.1) is 32.0 Å². The number of allylic oxidation sites excluding steroid dienone is 5. The van der Waals surface area contributed by atoms with Crippen molar-refractivity contribution in [3.8, 4) is 0 Å². The Kier molecular flexibility index (Phi) is 41.6. The normalized spacial score (nSPS) is 20.0. The number of aliphatic hydroxyl groups is 5. The molecule has 7 unspecified atom stereocenters. The van der Waals surface area contributed by atoms with Crippen molar-refractivity contribution in [1.82, 2.24) is 5.32 Å². The van der Waals surface area contributed by atoms with E-state index >= 15 is 0 Å². The van der Waals surface area contributed by atoms with E-state index in [-0.39, 0.29) is 24.9 Å². The quantitative estimate of drug-likeness (QED) is 0.0196. The first-order valence-electron chi connectivity index (χ1n) is 26.8. The minimum atomic E-state index is -1.59. The fraction of sp³-hybridized carbons (Fsp3) is 0.852. The van der Waals surface area contributed by atoms with Gasteiger partial charge in [0, 0.05) is 12.8 Å². The van der Waals surface area contributed by atoms with Gasteiger partial charge in [-0.15, -0.1) is 0 Å². The zero-order chi connectivity index (χ0) is 47.4. The summed E-state index contributed by atoms with van der Waals surface area (Å²) in [4.78, 5) is 25.0. The van der Waals surface area contributed by atoms with E-state index < -0.39 is 49.5 Å². The van der Waals surface area contributed by atoms with Crippen molar-refractivity contribution in [2.75, 3.05) is 19.8 Å². The van der Waals surface area contributed by atoms with Crippen molar-refractivity contribution in [1.29, 1.82) is 0 Å². The van der Waals surface area contributed by atoms with Crippen LogP contribution in [0.15, 0.2) is 36.5 Å². The molecule has 0 aromatic carbocycles. The fourth-order valence-electron chi connectivity index (χ4n) is 8.19. The van der Waals surface area contributed by atoms with Crippen molar-refractivity contribution in [3.63, 3.8) is 0 Å². The predicted octanol–water partition coefficient (Wildman–Crippen LogP) is 11.2. The van der Waals surface area contributed by atoms with Crippen molar-refractivity contribution in [3.05, 3.63) is 36.5 Å². The largest absolute Gasteiger partial charge is 0.466 e. The SMILES string of the molecule is CCCCCCCCC/C=C/C(O)C(COC1OC(CO)C(O)C(O)C1O)NC(=O)CC/C=C\C/C=C\CCCCCCCCOC(=O)CCCCCCCCCCCCCCCCC. The van der Waals surface area contributed by atoms with E-state index in [1.165, 1.54) is 128 Å². The minimum absolute atomic E-state index is 0.0372. The van der Waals surface area contributed by atoms with Crippen LogP contribution in [-0.2, 0) is 23.8 Å². The summed E-state index contributed by atoms with van der Waals surface area (Å²) in [5.41, 5.74) is 0. The number of esters is 1. The maximum absolute atomic E-state index is 12.9. The third kappa shape index (κ3) is 34.8. The van der Waals surface area contributed by atoms with Gasteiger partial charge >= 0.3 is 5.97 Å². The number of hydrogen-bond donors (Lipinski definition) is 6. The van der Waals surface area contributed by atoms with Gasteiger partial charge in [0.2, 0.25) is 5.91 Å². The summed E-state index contributed by atoms with van der Waals surface area (Å²) in [6.45, 7) is 4.21. The molecule has 0 saturated carbocycles. The smallest absolute Gasteiger partial charge is 0.305 e. The van der Waals surface area contributed by atoms with Gasteiger partial charge in [-0.2, -0.15) is 0 Å². The van der Waals surface area contributed by atoms with Crippen LogP contribution in [0.2, 0.25) is 0 Å². The van der Waals surface area contributed by atoms with E-state index in [2.05, 4.69) is 31.3 Å². The average Bonchev–Trinajstić information content (AvgIpc) is 3.30. The molecule has 1 aliphatic heterocycles. The van der Waals surface area contributed by atoms with Crippen LogP contribution in [0, 0.1) is 0 Å². The van der Waals surface area contributed by atoms with Gasteiger partial charge in [-0.25, -0.2) is 0 Å². The zero-order valence-electron chi connectivity index (χ0n) is 41.4. The maximum atomic E-state index is 12.9. The number of aliphatic hydroxyl groups excluding tert-OH is 5. The Hall–Kier alpha value is -2.12. The predicted molar refractivity (Wildman–Crippen MR) is 264 cm³/mol. The van der Waals surface area contributed by atoms with Gasteiger partial charge in [-0.05, 0) is 51.4 Å². The first-order chi connectivity index (χ1) is 31.7. The molecule has 0 bridgehead atoms. The van der Waals surface area contributed by atoms with E-state index in [0.29, 0.717) is 19.4 Å². The molecule has 1 fully saturated rings. The van der Waals surface area contributed by atoms with E-state index in [1.807, 2.05) is 18.2 Å². The summed E-state index contributed by atoms with van der Waals surface area (Å²) >= 11 is 0. The highest BCUT2D eigenvalue weighted by atomic mass is 16.7. The molecule has 0 spiro atoms. The molecule has 1 heterocycles. The van der Waals surface area contributed by atoms with Gasteiger partial charge in [-0.3, -0.25) is 9.59 Å². The Morgan fingerprint density at radius 1 is 0.569 bits per heavy atom. The van der Waals surface area contributed by atoms with E-state index in [9.17, 15) is 35.1 Å². The summed E-state index contributed by atoms with van der Waals surface area (Å²) in [7, 11) is 0. The van der Waals surface area contributed by atoms with Crippen molar-refractivity contribution < 1.29 is 49.3 Å². The molecule has 1 amide bonds. The lowest BCUT2D eigenvalue weighted by atomic mass is 9.99. The second-order valence-corrected chi connectivity index (χ2v) is 18.6. The van der Waals surface area contributed by atoms with Crippen molar-refractivity contribution in [2.24, 2.45) is 0 Å². The highest BCUT2D eigenvalue weighted by Crippen LogP contribution is 2.23. The van der Waals surface area contributed by atoms with Gasteiger partial charge in [0.15, 0.2) is 6.29 Å². The molecule has 7 atom stereocenters. The number of amides is 1. The molecule has 11 nitrogen and oxygen atoms in total. The van der Waals surface area contributed by atoms with Crippen LogP contribution >= 0.6 is 0 Å². The van der Waals surface area contributed by atoms with Crippen LogP contribution < -0.4 is 5.32 Å². The monoisotopic (exact) mass is 922 g/mol. The lowest BCUT2D eigenvalue weighted by Gasteiger charge is -2.40. The molecular formula is C54H99NO10. The fourth-order valence-corrected chi connectivity index (χ4v) is 8.19.